The minimum atomic E-state index is -0.333. The van der Waals surface area contributed by atoms with Crippen LogP contribution < -0.4 is 9.47 Å². The number of benzene rings is 3. The van der Waals surface area contributed by atoms with Gasteiger partial charge < -0.3 is 14.0 Å². The smallest absolute Gasteiger partial charge is 0.261 e. The topological polar surface area (TPSA) is 73.7 Å². The molecule has 3 heterocycles. The summed E-state index contributed by atoms with van der Waals surface area (Å²) < 4.78 is 12.7. The first kappa shape index (κ1) is 20.0. The lowest BCUT2D eigenvalue weighted by atomic mass is 9.91. The molecule has 0 saturated heterocycles. The Bertz CT molecular complexity index is 1440. The van der Waals surface area contributed by atoms with Crippen molar-refractivity contribution < 1.29 is 19.1 Å². The summed E-state index contributed by atoms with van der Waals surface area (Å²) in [4.78, 5) is 32.2. The van der Waals surface area contributed by atoms with E-state index in [-0.39, 0.29) is 25.2 Å². The van der Waals surface area contributed by atoms with Crippen molar-refractivity contribution in [3.05, 3.63) is 108 Å². The molecule has 2 amide bonds. The molecule has 7 nitrogen and oxygen atoms in total. The van der Waals surface area contributed by atoms with Crippen LogP contribution in [0.3, 0.4) is 0 Å². The Labute approximate surface area is 195 Å². The van der Waals surface area contributed by atoms with Gasteiger partial charge in [-0.2, -0.15) is 0 Å². The number of hydrogen-bond donors (Lipinski definition) is 0. The molecular formula is C27H19N3O4. The van der Waals surface area contributed by atoms with Crippen LogP contribution in [-0.2, 0) is 11.3 Å². The Kier molecular flexibility index (Phi) is 4.73. The number of aromatic nitrogens is 2. The first-order valence-corrected chi connectivity index (χ1v) is 10.8. The number of amides is 2. The molecule has 4 aromatic rings. The molecule has 7 heteroatoms. The SMILES string of the molecule is O=C1C(=Cc2ccc(-n3ccnc3)cc2)c2ccccc2C(=O)N1Cc1ccc2c(c1)OCO2. The maximum atomic E-state index is 13.6. The minimum Gasteiger partial charge on any atom is -0.454 e. The minimum absolute atomic E-state index is 0.138. The highest BCUT2D eigenvalue weighted by Crippen LogP contribution is 2.35. The van der Waals surface area contributed by atoms with Crippen molar-refractivity contribution in [3.8, 4) is 17.2 Å². The average molecular weight is 449 g/mol. The summed E-state index contributed by atoms with van der Waals surface area (Å²) in [6, 6.07) is 20.5. The number of carbonyl (C=O) groups excluding carboxylic acids is 2. The molecule has 0 aliphatic carbocycles. The van der Waals surface area contributed by atoms with Crippen molar-refractivity contribution in [2.24, 2.45) is 0 Å². The highest BCUT2D eigenvalue weighted by molar-refractivity contribution is 6.33. The fraction of sp³-hybridized carbons (Fsp3) is 0.0741. The third-order valence-electron chi connectivity index (χ3n) is 5.95. The summed E-state index contributed by atoms with van der Waals surface area (Å²) in [5.74, 6) is 0.625. The van der Waals surface area contributed by atoms with Crippen molar-refractivity contribution in [3.63, 3.8) is 0 Å². The van der Waals surface area contributed by atoms with Crippen molar-refractivity contribution in [1.82, 2.24) is 14.5 Å². The second kappa shape index (κ2) is 8.04. The molecular weight excluding hydrogens is 430 g/mol. The standard InChI is InChI=1S/C27H19N3O4/c31-26-22-4-2-1-3-21(22)23(13-18-5-8-20(9-6-18)29-12-11-28-16-29)27(32)30(26)15-19-7-10-24-25(14-19)34-17-33-24/h1-14,16H,15,17H2. The lowest BCUT2D eigenvalue weighted by Crippen LogP contribution is -2.41. The van der Waals surface area contributed by atoms with Crippen LogP contribution in [0.4, 0.5) is 0 Å². The van der Waals surface area contributed by atoms with Gasteiger partial charge in [0.1, 0.15) is 0 Å². The molecule has 6 rings (SSSR count). The van der Waals surface area contributed by atoms with Crippen LogP contribution in [0.15, 0.2) is 85.5 Å². The predicted octanol–water partition coefficient (Wildman–Crippen LogP) is 4.32. The Morgan fingerprint density at radius 3 is 2.47 bits per heavy atom. The summed E-state index contributed by atoms with van der Waals surface area (Å²) in [7, 11) is 0. The van der Waals surface area contributed by atoms with E-state index in [0.29, 0.717) is 28.2 Å². The van der Waals surface area contributed by atoms with Gasteiger partial charge in [0, 0.05) is 29.2 Å². The first-order chi connectivity index (χ1) is 16.7. The van der Waals surface area contributed by atoms with Gasteiger partial charge >= 0.3 is 0 Å². The van der Waals surface area contributed by atoms with Gasteiger partial charge in [-0.05, 0) is 53.1 Å². The summed E-state index contributed by atoms with van der Waals surface area (Å²) in [5.41, 5.74) is 4.23. The lowest BCUT2D eigenvalue weighted by Gasteiger charge is -2.29. The Morgan fingerprint density at radius 2 is 1.68 bits per heavy atom. The van der Waals surface area contributed by atoms with Gasteiger partial charge in [-0.3, -0.25) is 14.5 Å². The Morgan fingerprint density at radius 1 is 0.882 bits per heavy atom. The molecule has 0 unspecified atom stereocenters. The molecule has 0 radical (unpaired) electrons. The van der Waals surface area contributed by atoms with Crippen molar-refractivity contribution in [2.75, 3.05) is 6.79 Å². The molecule has 0 bridgehead atoms. The van der Waals surface area contributed by atoms with Crippen LogP contribution in [0, 0.1) is 0 Å². The number of rotatable bonds is 4. The van der Waals surface area contributed by atoms with Gasteiger partial charge in [-0.1, -0.05) is 36.4 Å². The molecule has 0 atom stereocenters. The number of imidazole rings is 1. The van der Waals surface area contributed by atoms with Crippen LogP contribution in [-0.4, -0.2) is 33.1 Å². The summed E-state index contributed by atoms with van der Waals surface area (Å²) in [6.07, 6.45) is 7.15. The van der Waals surface area contributed by atoms with Gasteiger partial charge in [-0.15, -0.1) is 0 Å². The fourth-order valence-electron chi connectivity index (χ4n) is 4.23. The molecule has 166 valence electrons. The van der Waals surface area contributed by atoms with Crippen LogP contribution in [0.5, 0.6) is 11.5 Å². The maximum Gasteiger partial charge on any atom is 0.261 e. The second-order valence-electron chi connectivity index (χ2n) is 8.05. The number of fused-ring (bicyclic) bond motifs is 2. The van der Waals surface area contributed by atoms with Crippen LogP contribution in [0.1, 0.15) is 27.0 Å². The summed E-state index contributed by atoms with van der Waals surface area (Å²) in [6.45, 7) is 0.305. The van der Waals surface area contributed by atoms with E-state index in [4.69, 9.17) is 9.47 Å². The zero-order valence-electron chi connectivity index (χ0n) is 18.0. The van der Waals surface area contributed by atoms with E-state index in [1.54, 1.807) is 24.7 Å². The predicted molar refractivity (Wildman–Crippen MR) is 125 cm³/mol. The number of nitrogens with zero attached hydrogens (tertiary/aromatic N) is 3. The summed E-state index contributed by atoms with van der Waals surface area (Å²) in [5, 5.41) is 0. The second-order valence-corrected chi connectivity index (χ2v) is 8.05. The Balaban J connectivity index is 1.36. The van der Waals surface area contributed by atoms with Crippen molar-refractivity contribution in [1.29, 1.82) is 0 Å². The van der Waals surface area contributed by atoms with E-state index in [2.05, 4.69) is 4.98 Å². The first-order valence-electron chi connectivity index (χ1n) is 10.8. The molecule has 34 heavy (non-hydrogen) atoms. The number of imide groups is 1. The molecule has 0 fully saturated rings. The summed E-state index contributed by atoms with van der Waals surface area (Å²) >= 11 is 0. The van der Waals surface area contributed by atoms with Gasteiger partial charge in [-0.25, -0.2) is 4.98 Å². The molecule has 0 saturated carbocycles. The fourth-order valence-corrected chi connectivity index (χ4v) is 4.23. The third kappa shape index (κ3) is 3.44. The van der Waals surface area contributed by atoms with E-state index in [1.807, 2.05) is 71.4 Å². The van der Waals surface area contributed by atoms with E-state index in [1.165, 1.54) is 4.90 Å². The molecule has 2 aliphatic heterocycles. The molecule has 0 N–H and O–H groups in total. The van der Waals surface area contributed by atoms with Crippen molar-refractivity contribution >= 4 is 23.5 Å². The van der Waals surface area contributed by atoms with E-state index < -0.39 is 0 Å². The van der Waals surface area contributed by atoms with Gasteiger partial charge in [0.25, 0.3) is 11.8 Å². The van der Waals surface area contributed by atoms with Crippen LogP contribution in [0.25, 0.3) is 17.3 Å². The molecule has 0 spiro atoms. The maximum absolute atomic E-state index is 13.6. The quantitative estimate of drug-likeness (QED) is 0.343. The number of hydrogen-bond acceptors (Lipinski definition) is 5. The number of carbonyl (C=O) groups is 2. The Hall–Kier alpha value is -4.65. The monoisotopic (exact) mass is 449 g/mol. The highest BCUT2D eigenvalue weighted by Gasteiger charge is 2.34. The van der Waals surface area contributed by atoms with Gasteiger partial charge in [0.05, 0.1) is 12.9 Å². The van der Waals surface area contributed by atoms with Crippen LogP contribution >= 0.6 is 0 Å². The zero-order valence-corrected chi connectivity index (χ0v) is 18.0. The van der Waals surface area contributed by atoms with E-state index in [0.717, 1.165) is 16.8 Å². The molecule has 2 aliphatic rings. The van der Waals surface area contributed by atoms with Gasteiger partial charge in [0.15, 0.2) is 11.5 Å². The third-order valence-corrected chi connectivity index (χ3v) is 5.95. The molecule has 3 aromatic carbocycles. The van der Waals surface area contributed by atoms with Gasteiger partial charge in [0.2, 0.25) is 6.79 Å². The van der Waals surface area contributed by atoms with E-state index >= 15 is 0 Å². The largest absolute Gasteiger partial charge is 0.454 e. The van der Waals surface area contributed by atoms with Crippen LogP contribution in [0.2, 0.25) is 0 Å². The lowest BCUT2D eigenvalue weighted by molar-refractivity contribution is -0.123. The van der Waals surface area contributed by atoms with Crippen molar-refractivity contribution in [2.45, 2.75) is 6.54 Å². The zero-order chi connectivity index (χ0) is 23.1. The number of ether oxygens (including phenoxy) is 2. The highest BCUT2D eigenvalue weighted by atomic mass is 16.7. The van der Waals surface area contributed by atoms with E-state index in [9.17, 15) is 9.59 Å². The normalized spacial score (nSPS) is 15.6. The molecule has 1 aromatic heterocycles. The average Bonchev–Trinajstić information content (AvgIpc) is 3.57.